The summed E-state index contributed by atoms with van der Waals surface area (Å²) >= 11 is 0. The molecule has 0 atom stereocenters. The number of amides is 1. The smallest absolute Gasteiger partial charge is 0.266 e. The van der Waals surface area contributed by atoms with Crippen LogP contribution < -0.4 is 10.1 Å². The first-order valence-electron chi connectivity index (χ1n) is 12.0. The summed E-state index contributed by atoms with van der Waals surface area (Å²) in [4.78, 5) is 12.9. The first-order chi connectivity index (χ1) is 17.6. The molecule has 1 amide bonds. The highest BCUT2D eigenvalue weighted by Crippen LogP contribution is 2.29. The van der Waals surface area contributed by atoms with Crippen LogP contribution in [0.1, 0.15) is 30.9 Å². The Bertz CT molecular complexity index is 1400. The monoisotopic (exact) mass is 476 g/mol. The lowest BCUT2D eigenvalue weighted by atomic mass is 10.1. The quantitative estimate of drug-likeness (QED) is 0.168. The number of ether oxygens (including phenoxy) is 1. The summed E-state index contributed by atoms with van der Waals surface area (Å²) in [6.45, 7) is 4.74. The van der Waals surface area contributed by atoms with E-state index in [0.717, 1.165) is 35.4 Å². The number of hydrogen-bond acceptors (Lipinski definition) is 4. The number of hydrogen-bond donors (Lipinski definition) is 1. The van der Waals surface area contributed by atoms with Gasteiger partial charge < -0.3 is 10.1 Å². The van der Waals surface area contributed by atoms with Crippen molar-refractivity contribution in [3.05, 3.63) is 102 Å². The molecule has 6 heteroatoms. The molecule has 4 aromatic rings. The van der Waals surface area contributed by atoms with E-state index in [4.69, 9.17) is 9.84 Å². The predicted molar refractivity (Wildman–Crippen MR) is 143 cm³/mol. The van der Waals surface area contributed by atoms with Crippen molar-refractivity contribution in [2.24, 2.45) is 0 Å². The molecule has 0 aliphatic rings. The van der Waals surface area contributed by atoms with Gasteiger partial charge in [0.15, 0.2) is 0 Å². The van der Waals surface area contributed by atoms with E-state index in [1.165, 1.54) is 0 Å². The number of nitrogens with one attached hydrogen (secondary N) is 1. The second kappa shape index (κ2) is 11.7. The fraction of sp³-hybridized carbons (Fsp3) is 0.167. The van der Waals surface area contributed by atoms with Crippen LogP contribution in [-0.4, -0.2) is 22.3 Å². The van der Waals surface area contributed by atoms with E-state index < -0.39 is 5.91 Å². The standard InChI is InChI=1S/C30H28N4O2/c1-3-4-17-36-28-12-8-9-23(19-28)29-25(21-34(33-29)27-10-6-5-7-11-27)18-24(20-31)30(35)32-26-15-13-22(2)14-16-26/h5-16,18-19,21H,3-4,17H2,1-2H3,(H,32,35)/b24-18-. The first kappa shape index (κ1) is 24.5. The molecule has 0 spiro atoms. The molecule has 0 aliphatic carbocycles. The molecule has 0 bridgehead atoms. The van der Waals surface area contributed by atoms with Crippen molar-refractivity contribution in [3.63, 3.8) is 0 Å². The summed E-state index contributed by atoms with van der Waals surface area (Å²) in [6.07, 6.45) is 5.43. The summed E-state index contributed by atoms with van der Waals surface area (Å²) < 4.78 is 7.64. The number of carbonyl (C=O) groups excluding carboxylic acids is 1. The summed E-state index contributed by atoms with van der Waals surface area (Å²) in [7, 11) is 0. The zero-order valence-corrected chi connectivity index (χ0v) is 20.4. The molecule has 0 saturated heterocycles. The Morgan fingerprint density at radius 1 is 1.08 bits per heavy atom. The topological polar surface area (TPSA) is 79.9 Å². The Hall–Kier alpha value is -4.63. The summed E-state index contributed by atoms with van der Waals surface area (Å²) in [5, 5.41) is 17.4. The maximum atomic E-state index is 12.9. The van der Waals surface area contributed by atoms with Gasteiger partial charge in [-0.15, -0.1) is 0 Å². The number of nitriles is 1. The third-order valence-electron chi connectivity index (χ3n) is 5.61. The van der Waals surface area contributed by atoms with Crippen LogP contribution in [0.5, 0.6) is 5.75 Å². The number of carbonyl (C=O) groups is 1. The number of para-hydroxylation sites is 1. The van der Waals surface area contributed by atoms with Crippen LogP contribution >= 0.6 is 0 Å². The average Bonchev–Trinajstić information content (AvgIpc) is 3.33. The lowest BCUT2D eigenvalue weighted by Crippen LogP contribution is -2.13. The minimum absolute atomic E-state index is 0.0141. The van der Waals surface area contributed by atoms with Gasteiger partial charge in [0, 0.05) is 23.0 Å². The molecule has 1 N–H and O–H groups in total. The van der Waals surface area contributed by atoms with E-state index in [-0.39, 0.29) is 5.57 Å². The van der Waals surface area contributed by atoms with Gasteiger partial charge in [0.1, 0.15) is 23.1 Å². The second-order valence-electron chi connectivity index (χ2n) is 8.43. The van der Waals surface area contributed by atoms with Gasteiger partial charge in [-0.3, -0.25) is 4.79 Å². The normalized spacial score (nSPS) is 11.1. The molecule has 6 nitrogen and oxygen atoms in total. The highest BCUT2D eigenvalue weighted by atomic mass is 16.5. The largest absolute Gasteiger partial charge is 0.494 e. The molecule has 180 valence electrons. The maximum Gasteiger partial charge on any atom is 0.266 e. The van der Waals surface area contributed by atoms with Crippen LogP contribution in [0.15, 0.2) is 90.6 Å². The highest BCUT2D eigenvalue weighted by molar-refractivity contribution is 6.10. The molecule has 36 heavy (non-hydrogen) atoms. The van der Waals surface area contributed by atoms with Gasteiger partial charge in [-0.05, 0) is 55.8 Å². The molecule has 1 heterocycles. The molecule has 3 aromatic carbocycles. The molecule has 1 aromatic heterocycles. The van der Waals surface area contributed by atoms with Crippen molar-refractivity contribution in [2.45, 2.75) is 26.7 Å². The van der Waals surface area contributed by atoms with Crippen molar-refractivity contribution in [2.75, 3.05) is 11.9 Å². The van der Waals surface area contributed by atoms with Crippen LogP contribution in [0.3, 0.4) is 0 Å². The second-order valence-corrected chi connectivity index (χ2v) is 8.43. The zero-order chi connectivity index (χ0) is 25.3. The molecular weight excluding hydrogens is 448 g/mol. The van der Waals surface area contributed by atoms with Crippen LogP contribution in [0.25, 0.3) is 23.0 Å². The van der Waals surface area contributed by atoms with Crippen molar-refractivity contribution >= 4 is 17.7 Å². The number of unbranched alkanes of at least 4 members (excludes halogenated alkanes) is 1. The summed E-state index contributed by atoms with van der Waals surface area (Å²) in [6, 6.07) is 26.9. The Labute approximate surface area is 211 Å². The van der Waals surface area contributed by atoms with Gasteiger partial charge in [-0.2, -0.15) is 10.4 Å². The van der Waals surface area contributed by atoms with E-state index >= 15 is 0 Å². The minimum atomic E-state index is -0.476. The van der Waals surface area contributed by atoms with Gasteiger partial charge in [-0.1, -0.05) is 61.4 Å². The van der Waals surface area contributed by atoms with Crippen LogP contribution in [-0.2, 0) is 4.79 Å². The van der Waals surface area contributed by atoms with E-state index in [1.807, 2.05) is 98.1 Å². The molecule has 0 aliphatic heterocycles. The van der Waals surface area contributed by atoms with Gasteiger partial charge in [-0.25, -0.2) is 4.68 Å². The van der Waals surface area contributed by atoms with Crippen LogP contribution in [0, 0.1) is 18.3 Å². The Morgan fingerprint density at radius 3 is 2.58 bits per heavy atom. The van der Waals surface area contributed by atoms with Gasteiger partial charge >= 0.3 is 0 Å². The number of anilines is 1. The first-order valence-corrected chi connectivity index (χ1v) is 12.0. The van der Waals surface area contributed by atoms with E-state index in [0.29, 0.717) is 23.6 Å². The van der Waals surface area contributed by atoms with Gasteiger partial charge in [0.05, 0.1) is 12.3 Å². The fourth-order valence-electron chi connectivity index (χ4n) is 3.64. The third-order valence-corrected chi connectivity index (χ3v) is 5.61. The predicted octanol–water partition coefficient (Wildman–Crippen LogP) is 6.57. The lowest BCUT2D eigenvalue weighted by molar-refractivity contribution is -0.112. The van der Waals surface area contributed by atoms with Crippen LogP contribution in [0.4, 0.5) is 5.69 Å². The van der Waals surface area contributed by atoms with Crippen LogP contribution in [0.2, 0.25) is 0 Å². The average molecular weight is 477 g/mol. The minimum Gasteiger partial charge on any atom is -0.494 e. The number of nitrogens with zero attached hydrogens (tertiary/aromatic N) is 3. The maximum absolute atomic E-state index is 12.9. The number of rotatable bonds is 9. The van der Waals surface area contributed by atoms with Crippen molar-refractivity contribution in [3.8, 4) is 28.8 Å². The number of benzene rings is 3. The van der Waals surface area contributed by atoms with Gasteiger partial charge in [0.2, 0.25) is 0 Å². The van der Waals surface area contributed by atoms with Crippen molar-refractivity contribution in [1.29, 1.82) is 5.26 Å². The van der Waals surface area contributed by atoms with E-state index in [1.54, 1.807) is 10.8 Å². The lowest BCUT2D eigenvalue weighted by Gasteiger charge is -2.07. The van der Waals surface area contributed by atoms with E-state index in [9.17, 15) is 10.1 Å². The number of aromatic nitrogens is 2. The molecule has 4 rings (SSSR count). The van der Waals surface area contributed by atoms with Crippen molar-refractivity contribution in [1.82, 2.24) is 9.78 Å². The summed E-state index contributed by atoms with van der Waals surface area (Å²) in [5.41, 5.74) is 4.71. The van der Waals surface area contributed by atoms with E-state index in [2.05, 4.69) is 12.2 Å². The molecule has 0 saturated carbocycles. The highest BCUT2D eigenvalue weighted by Gasteiger charge is 2.16. The molecule has 0 radical (unpaired) electrons. The number of aryl methyl sites for hydroxylation is 1. The molecule has 0 fully saturated rings. The fourth-order valence-corrected chi connectivity index (χ4v) is 3.64. The SMILES string of the molecule is CCCCOc1cccc(-c2nn(-c3ccccc3)cc2/C=C(/C#N)C(=O)Nc2ccc(C)cc2)c1. The zero-order valence-electron chi connectivity index (χ0n) is 20.4. The third kappa shape index (κ3) is 6.08. The molecular formula is C30H28N4O2. The summed E-state index contributed by atoms with van der Waals surface area (Å²) in [5.74, 6) is 0.277. The molecule has 0 unspecified atom stereocenters. The Kier molecular flexibility index (Phi) is 7.94. The van der Waals surface area contributed by atoms with Gasteiger partial charge in [0.25, 0.3) is 5.91 Å². The Balaban J connectivity index is 1.71. The Morgan fingerprint density at radius 2 is 1.86 bits per heavy atom. The van der Waals surface area contributed by atoms with Crippen molar-refractivity contribution < 1.29 is 9.53 Å².